The number of carbonyl (C=O) groups excluding carboxylic acids is 1. The van der Waals surface area contributed by atoms with E-state index in [-0.39, 0.29) is 5.91 Å². The van der Waals surface area contributed by atoms with Gasteiger partial charge in [-0.1, -0.05) is 24.3 Å². The number of carbonyl (C=O) groups is 1. The van der Waals surface area contributed by atoms with Crippen LogP contribution in [0.25, 0.3) is 0 Å². The number of benzene rings is 1. The van der Waals surface area contributed by atoms with E-state index < -0.39 is 0 Å². The van der Waals surface area contributed by atoms with Crippen LogP contribution in [0, 0.1) is 0 Å². The summed E-state index contributed by atoms with van der Waals surface area (Å²) in [4.78, 5) is 11.0. The Hall–Kier alpha value is -1.77. The molecule has 1 aliphatic rings. The molecule has 0 fully saturated rings. The lowest BCUT2D eigenvalue weighted by Gasteiger charge is -2.25. The van der Waals surface area contributed by atoms with Crippen LogP contribution in [0.15, 0.2) is 42.5 Å². The number of hydrazine groups is 1. The van der Waals surface area contributed by atoms with E-state index in [0.717, 1.165) is 12.2 Å². The molecule has 0 unspecified atom stereocenters. The third-order valence-electron chi connectivity index (χ3n) is 1.87. The number of rotatable bonds is 1. The van der Waals surface area contributed by atoms with E-state index in [0.29, 0.717) is 0 Å². The van der Waals surface area contributed by atoms with E-state index in [4.69, 9.17) is 0 Å². The maximum Gasteiger partial charge on any atom is 0.262 e. The summed E-state index contributed by atoms with van der Waals surface area (Å²) >= 11 is 0. The van der Waals surface area contributed by atoms with E-state index >= 15 is 0 Å². The van der Waals surface area contributed by atoms with Gasteiger partial charge in [0.25, 0.3) is 5.91 Å². The highest BCUT2D eigenvalue weighted by molar-refractivity contribution is 5.89. The smallest absolute Gasteiger partial charge is 0.262 e. The molecular weight excluding hydrogens is 164 g/mol. The summed E-state index contributed by atoms with van der Waals surface area (Å²) in [5.41, 5.74) is 3.74. The van der Waals surface area contributed by atoms with Gasteiger partial charge < -0.3 is 0 Å². The van der Waals surface area contributed by atoms with Crippen LogP contribution in [0.3, 0.4) is 0 Å². The van der Waals surface area contributed by atoms with Gasteiger partial charge in [-0.15, -0.1) is 0 Å². The molecule has 66 valence electrons. The maximum atomic E-state index is 11.0. The monoisotopic (exact) mass is 174 g/mol. The van der Waals surface area contributed by atoms with Gasteiger partial charge in [0, 0.05) is 6.08 Å². The summed E-state index contributed by atoms with van der Waals surface area (Å²) in [6, 6.07) is 9.75. The Morgan fingerprint density at radius 1 is 1.23 bits per heavy atom. The number of nitrogens with one attached hydrogen (secondary N) is 1. The predicted octanol–water partition coefficient (Wildman–Crippen LogP) is 1.09. The molecule has 13 heavy (non-hydrogen) atoms. The maximum absolute atomic E-state index is 11.0. The van der Waals surface area contributed by atoms with Crippen molar-refractivity contribution in [2.24, 2.45) is 0 Å². The van der Waals surface area contributed by atoms with Crippen molar-refractivity contribution >= 4 is 11.6 Å². The van der Waals surface area contributed by atoms with Gasteiger partial charge in [-0.05, 0) is 12.1 Å². The molecule has 1 heterocycles. The molecule has 1 aliphatic heterocycles. The van der Waals surface area contributed by atoms with E-state index in [1.165, 1.54) is 0 Å². The largest absolute Gasteiger partial charge is 0.281 e. The molecule has 3 nitrogen and oxygen atoms in total. The summed E-state index contributed by atoms with van der Waals surface area (Å²) in [5.74, 6) is -0.0740. The predicted molar refractivity (Wildman–Crippen MR) is 51.1 cm³/mol. The van der Waals surface area contributed by atoms with Crippen LogP contribution in [0.4, 0.5) is 5.69 Å². The average molecular weight is 174 g/mol. The van der Waals surface area contributed by atoms with Crippen LogP contribution in [0.2, 0.25) is 0 Å². The molecule has 0 aromatic heterocycles. The molecule has 0 aliphatic carbocycles. The Kier molecular flexibility index (Phi) is 2.00. The first-order chi connectivity index (χ1) is 6.36. The Morgan fingerprint density at radius 3 is 2.69 bits per heavy atom. The fraction of sp³-hybridized carbons (Fsp3) is 0.100. The van der Waals surface area contributed by atoms with Crippen molar-refractivity contribution in [2.45, 2.75) is 0 Å². The second kappa shape index (κ2) is 3.31. The van der Waals surface area contributed by atoms with Crippen molar-refractivity contribution in [2.75, 3.05) is 11.6 Å². The molecule has 1 amide bonds. The van der Waals surface area contributed by atoms with Crippen molar-refractivity contribution in [1.82, 2.24) is 5.43 Å². The van der Waals surface area contributed by atoms with E-state index in [1.54, 1.807) is 6.08 Å². The summed E-state index contributed by atoms with van der Waals surface area (Å²) in [6.45, 7) is 0.718. The second-order valence-corrected chi connectivity index (χ2v) is 2.82. The van der Waals surface area contributed by atoms with Crippen LogP contribution in [0.5, 0.6) is 0 Å². The van der Waals surface area contributed by atoms with Gasteiger partial charge >= 0.3 is 0 Å². The number of nitrogens with zero attached hydrogens (tertiary/aromatic N) is 1. The topological polar surface area (TPSA) is 32.3 Å². The standard InChI is InChI=1S/C10H10N2O/c13-10-7-4-8-12(11-10)9-5-2-1-3-6-9/h1-7H,8H2,(H,11,13). The average Bonchev–Trinajstić information content (AvgIpc) is 2.19. The summed E-state index contributed by atoms with van der Waals surface area (Å²) in [5, 5.41) is 1.81. The van der Waals surface area contributed by atoms with E-state index in [9.17, 15) is 4.79 Å². The van der Waals surface area contributed by atoms with E-state index in [1.807, 2.05) is 41.4 Å². The van der Waals surface area contributed by atoms with Gasteiger partial charge in [0.05, 0.1) is 12.2 Å². The summed E-state index contributed by atoms with van der Waals surface area (Å²) in [7, 11) is 0. The molecule has 1 N–H and O–H groups in total. The molecule has 2 rings (SSSR count). The van der Waals surface area contributed by atoms with Gasteiger partial charge in [-0.2, -0.15) is 0 Å². The van der Waals surface area contributed by atoms with Gasteiger partial charge in [0.15, 0.2) is 0 Å². The first-order valence-corrected chi connectivity index (χ1v) is 4.16. The molecule has 0 atom stereocenters. The van der Waals surface area contributed by atoms with Crippen LogP contribution in [-0.2, 0) is 4.79 Å². The molecule has 0 radical (unpaired) electrons. The lowest BCUT2D eigenvalue weighted by atomic mass is 10.3. The van der Waals surface area contributed by atoms with Gasteiger partial charge in [0.2, 0.25) is 0 Å². The lowest BCUT2D eigenvalue weighted by molar-refractivity contribution is -0.116. The molecule has 1 aromatic carbocycles. The number of para-hydroxylation sites is 1. The number of anilines is 1. The molecule has 3 heteroatoms. The Bertz CT molecular complexity index is 332. The zero-order valence-electron chi connectivity index (χ0n) is 7.10. The van der Waals surface area contributed by atoms with Crippen molar-refractivity contribution in [3.05, 3.63) is 42.5 Å². The molecule has 0 saturated carbocycles. The fourth-order valence-corrected chi connectivity index (χ4v) is 1.26. The third kappa shape index (κ3) is 1.69. The minimum atomic E-state index is -0.0740. The first-order valence-electron chi connectivity index (χ1n) is 4.16. The third-order valence-corrected chi connectivity index (χ3v) is 1.87. The van der Waals surface area contributed by atoms with Crippen LogP contribution in [-0.4, -0.2) is 12.5 Å². The van der Waals surface area contributed by atoms with Crippen molar-refractivity contribution in [3.8, 4) is 0 Å². The highest BCUT2D eigenvalue weighted by Crippen LogP contribution is 2.11. The van der Waals surface area contributed by atoms with Crippen molar-refractivity contribution in [3.63, 3.8) is 0 Å². The zero-order chi connectivity index (χ0) is 9.10. The molecule has 0 saturated heterocycles. The fourth-order valence-electron chi connectivity index (χ4n) is 1.26. The van der Waals surface area contributed by atoms with Crippen LogP contribution in [0.1, 0.15) is 0 Å². The lowest BCUT2D eigenvalue weighted by Crippen LogP contribution is -2.44. The van der Waals surface area contributed by atoms with Gasteiger partial charge in [-0.3, -0.25) is 15.2 Å². The Balaban J connectivity index is 2.19. The van der Waals surface area contributed by atoms with Gasteiger partial charge in [0.1, 0.15) is 0 Å². The normalized spacial score (nSPS) is 15.7. The van der Waals surface area contributed by atoms with Crippen molar-refractivity contribution in [1.29, 1.82) is 0 Å². The molecule has 0 bridgehead atoms. The minimum Gasteiger partial charge on any atom is -0.281 e. The Labute approximate surface area is 76.6 Å². The molecule has 1 aromatic rings. The number of amides is 1. The number of hydrogen-bond donors (Lipinski definition) is 1. The highest BCUT2D eigenvalue weighted by atomic mass is 16.2. The zero-order valence-corrected chi connectivity index (χ0v) is 7.10. The number of hydrogen-bond acceptors (Lipinski definition) is 2. The van der Waals surface area contributed by atoms with Crippen LogP contribution < -0.4 is 10.4 Å². The second-order valence-electron chi connectivity index (χ2n) is 2.82. The minimum absolute atomic E-state index is 0.0740. The summed E-state index contributed by atoms with van der Waals surface area (Å²) in [6.07, 6.45) is 3.38. The Morgan fingerprint density at radius 2 is 2.00 bits per heavy atom. The summed E-state index contributed by atoms with van der Waals surface area (Å²) < 4.78 is 0. The van der Waals surface area contributed by atoms with Crippen LogP contribution >= 0.6 is 0 Å². The van der Waals surface area contributed by atoms with E-state index in [2.05, 4.69) is 5.43 Å². The molecule has 0 spiro atoms. The first kappa shape index (κ1) is 7.86. The van der Waals surface area contributed by atoms with Crippen molar-refractivity contribution < 1.29 is 4.79 Å². The SMILES string of the molecule is O=C1C=CCN(c2ccccc2)N1. The quantitative estimate of drug-likeness (QED) is 0.691. The molecular formula is C10H10N2O. The highest BCUT2D eigenvalue weighted by Gasteiger charge is 2.09. The van der Waals surface area contributed by atoms with Gasteiger partial charge in [-0.25, -0.2) is 0 Å².